The van der Waals surface area contributed by atoms with Gasteiger partial charge in [-0.25, -0.2) is 9.67 Å². The lowest BCUT2D eigenvalue weighted by atomic mass is 9.78. The molecule has 0 bridgehead atoms. The van der Waals surface area contributed by atoms with E-state index in [-0.39, 0.29) is 18.3 Å². The van der Waals surface area contributed by atoms with Crippen molar-refractivity contribution in [1.82, 2.24) is 24.4 Å². The number of benzene rings is 1. The normalized spacial score (nSPS) is 16.7. The number of aliphatic carboxylic acids is 1. The van der Waals surface area contributed by atoms with E-state index < -0.39 is 22.1 Å². The Balaban J connectivity index is 1.65. The van der Waals surface area contributed by atoms with Crippen molar-refractivity contribution in [1.29, 1.82) is 0 Å². The standard InChI is InChI=1S/C39H58N6O5Si2/c1-9-50-29(2)36-37(31-17-15-30(16-18-31)23-35(46)47)42-38-34(32-24-40-44(26-32)33-13-11-10-12-14-33)25-41-45(38)39(36)43(27-48-19-21-51(3,4)5)28-49-20-22-52(6,7)8/h10-14,24-26,30-31H,2,9,15-23,27-28H2,1,3-8H3,(H,46,47). The molecule has 3 heterocycles. The summed E-state index contributed by atoms with van der Waals surface area (Å²) in [5.74, 6) is 0.792. The highest BCUT2D eigenvalue weighted by Gasteiger charge is 2.33. The van der Waals surface area contributed by atoms with E-state index in [4.69, 9.17) is 24.3 Å². The molecule has 0 saturated heterocycles. The summed E-state index contributed by atoms with van der Waals surface area (Å²) in [6, 6.07) is 12.1. The van der Waals surface area contributed by atoms with Gasteiger partial charge in [-0.3, -0.25) is 4.79 Å². The van der Waals surface area contributed by atoms with Gasteiger partial charge in [0.15, 0.2) is 5.65 Å². The van der Waals surface area contributed by atoms with Crippen LogP contribution in [0.2, 0.25) is 51.4 Å². The Morgan fingerprint density at radius 3 is 2.15 bits per heavy atom. The quantitative estimate of drug-likeness (QED) is 0.0435. The molecule has 11 nitrogen and oxygen atoms in total. The number of ether oxygens (including phenoxy) is 3. The van der Waals surface area contributed by atoms with Crippen molar-refractivity contribution in [2.75, 3.05) is 38.2 Å². The van der Waals surface area contributed by atoms with Crippen molar-refractivity contribution in [3.63, 3.8) is 0 Å². The van der Waals surface area contributed by atoms with E-state index in [1.807, 2.05) is 65.0 Å². The molecule has 5 rings (SSSR count). The number of carboxylic acid groups (broad SMARTS) is 1. The van der Waals surface area contributed by atoms with Gasteiger partial charge in [-0.2, -0.15) is 14.7 Å². The molecule has 282 valence electrons. The fraction of sp³-hybridized carbons (Fsp3) is 0.538. The monoisotopic (exact) mass is 746 g/mol. The minimum absolute atomic E-state index is 0.0817. The average molecular weight is 747 g/mol. The fourth-order valence-electron chi connectivity index (χ4n) is 6.64. The van der Waals surface area contributed by atoms with E-state index >= 15 is 0 Å². The topological polar surface area (TPSA) is 116 Å². The van der Waals surface area contributed by atoms with E-state index in [1.54, 1.807) is 0 Å². The molecule has 3 aromatic heterocycles. The van der Waals surface area contributed by atoms with Crippen molar-refractivity contribution >= 4 is 39.3 Å². The second-order valence-corrected chi connectivity index (χ2v) is 27.6. The van der Waals surface area contributed by atoms with Crippen LogP contribution >= 0.6 is 0 Å². The number of para-hydroxylation sites is 1. The molecule has 1 N–H and O–H groups in total. The van der Waals surface area contributed by atoms with Crippen LogP contribution < -0.4 is 4.90 Å². The van der Waals surface area contributed by atoms with Crippen LogP contribution in [0.25, 0.3) is 28.2 Å². The third-order valence-electron chi connectivity index (χ3n) is 9.65. The van der Waals surface area contributed by atoms with Gasteiger partial charge in [0.1, 0.15) is 25.0 Å². The first-order chi connectivity index (χ1) is 24.7. The lowest BCUT2D eigenvalue weighted by Gasteiger charge is -2.32. The Morgan fingerprint density at radius 2 is 1.58 bits per heavy atom. The van der Waals surface area contributed by atoms with Crippen LogP contribution in [0.4, 0.5) is 5.82 Å². The average Bonchev–Trinajstić information content (AvgIpc) is 3.74. The van der Waals surface area contributed by atoms with Crippen LogP contribution in [0.5, 0.6) is 0 Å². The van der Waals surface area contributed by atoms with E-state index in [9.17, 15) is 9.90 Å². The molecule has 4 aromatic rings. The Morgan fingerprint density at radius 1 is 0.942 bits per heavy atom. The van der Waals surface area contributed by atoms with E-state index in [1.165, 1.54) is 0 Å². The van der Waals surface area contributed by atoms with Crippen molar-refractivity contribution in [3.05, 3.63) is 66.8 Å². The summed E-state index contributed by atoms with van der Waals surface area (Å²) in [5, 5.41) is 19.2. The van der Waals surface area contributed by atoms with Gasteiger partial charge >= 0.3 is 5.97 Å². The molecule has 1 aromatic carbocycles. The van der Waals surface area contributed by atoms with Crippen LogP contribution in [-0.4, -0.2) is 84.9 Å². The summed E-state index contributed by atoms with van der Waals surface area (Å²) in [4.78, 5) is 19.1. The Hall–Kier alpha value is -3.79. The molecule has 1 aliphatic rings. The van der Waals surface area contributed by atoms with Crippen molar-refractivity contribution in [3.8, 4) is 16.8 Å². The summed E-state index contributed by atoms with van der Waals surface area (Å²) in [7, 11) is -2.65. The van der Waals surface area contributed by atoms with Gasteiger partial charge in [0.25, 0.3) is 0 Å². The smallest absolute Gasteiger partial charge is 0.303 e. The lowest BCUT2D eigenvalue weighted by molar-refractivity contribution is -0.138. The molecule has 0 aliphatic heterocycles. The van der Waals surface area contributed by atoms with E-state index in [0.29, 0.717) is 44.7 Å². The molecular weight excluding hydrogens is 689 g/mol. The van der Waals surface area contributed by atoms with Crippen molar-refractivity contribution in [2.24, 2.45) is 5.92 Å². The predicted octanol–water partition coefficient (Wildman–Crippen LogP) is 8.77. The predicted molar refractivity (Wildman–Crippen MR) is 214 cm³/mol. The van der Waals surface area contributed by atoms with Crippen LogP contribution in [0, 0.1) is 5.92 Å². The molecule has 0 unspecified atom stereocenters. The van der Waals surface area contributed by atoms with Gasteiger partial charge in [-0.15, -0.1) is 0 Å². The molecule has 0 atom stereocenters. The summed E-state index contributed by atoms with van der Waals surface area (Å²) in [5.41, 5.74) is 5.11. The largest absolute Gasteiger partial charge is 0.494 e. The highest BCUT2D eigenvalue weighted by Crippen LogP contribution is 2.43. The summed E-state index contributed by atoms with van der Waals surface area (Å²) < 4.78 is 22.8. The Kier molecular flexibility index (Phi) is 13.2. The van der Waals surface area contributed by atoms with Gasteiger partial charge in [0.2, 0.25) is 0 Å². The van der Waals surface area contributed by atoms with Gasteiger partial charge in [0, 0.05) is 59.0 Å². The second kappa shape index (κ2) is 17.4. The number of carbonyl (C=O) groups is 1. The number of aromatic nitrogens is 5. The van der Waals surface area contributed by atoms with Crippen molar-refractivity contribution < 1.29 is 24.1 Å². The van der Waals surface area contributed by atoms with E-state index in [2.05, 4.69) is 55.9 Å². The van der Waals surface area contributed by atoms with Crippen LogP contribution in [-0.2, 0) is 19.0 Å². The number of nitrogens with zero attached hydrogens (tertiary/aromatic N) is 6. The number of fused-ring (bicyclic) bond motifs is 1. The Bertz CT molecular complexity index is 1770. The third-order valence-corrected chi connectivity index (χ3v) is 13.1. The van der Waals surface area contributed by atoms with Crippen LogP contribution in [0.3, 0.4) is 0 Å². The van der Waals surface area contributed by atoms with Gasteiger partial charge in [-0.05, 0) is 62.7 Å². The zero-order valence-corrected chi connectivity index (χ0v) is 34.2. The lowest BCUT2D eigenvalue weighted by Crippen LogP contribution is -2.34. The number of carboxylic acids is 1. The minimum Gasteiger partial charge on any atom is -0.494 e. The zero-order chi connectivity index (χ0) is 37.5. The molecular formula is C39H58N6O5Si2. The first-order valence-electron chi connectivity index (χ1n) is 18.7. The second-order valence-electron chi connectivity index (χ2n) is 16.4. The number of hydrogen-bond acceptors (Lipinski definition) is 8. The maximum absolute atomic E-state index is 11.6. The maximum atomic E-state index is 11.6. The molecule has 13 heteroatoms. The first kappa shape index (κ1) is 39.4. The molecule has 1 aliphatic carbocycles. The van der Waals surface area contributed by atoms with Gasteiger partial charge < -0.3 is 24.2 Å². The number of rotatable bonds is 19. The Labute approximate surface area is 311 Å². The number of anilines is 1. The molecule has 1 saturated carbocycles. The summed E-state index contributed by atoms with van der Waals surface area (Å²) >= 11 is 0. The highest BCUT2D eigenvalue weighted by molar-refractivity contribution is 6.76. The summed E-state index contributed by atoms with van der Waals surface area (Å²) in [6.45, 7) is 22.9. The minimum atomic E-state index is -1.32. The zero-order valence-electron chi connectivity index (χ0n) is 32.2. The third kappa shape index (κ3) is 10.4. The van der Waals surface area contributed by atoms with E-state index in [0.717, 1.165) is 71.7 Å². The highest BCUT2D eigenvalue weighted by atomic mass is 28.3. The summed E-state index contributed by atoms with van der Waals surface area (Å²) in [6.07, 6.45) is 9.19. The molecule has 52 heavy (non-hydrogen) atoms. The van der Waals surface area contributed by atoms with Crippen LogP contribution in [0.1, 0.15) is 56.2 Å². The van der Waals surface area contributed by atoms with Crippen molar-refractivity contribution in [2.45, 2.75) is 96.3 Å². The first-order valence-corrected chi connectivity index (χ1v) is 26.1. The number of hydrogen-bond donors (Lipinski definition) is 1. The van der Waals surface area contributed by atoms with Gasteiger partial charge in [0.05, 0.1) is 35.9 Å². The molecule has 1 fully saturated rings. The maximum Gasteiger partial charge on any atom is 0.303 e. The van der Waals surface area contributed by atoms with Gasteiger partial charge in [-0.1, -0.05) is 64.1 Å². The van der Waals surface area contributed by atoms with Crippen LogP contribution in [0.15, 0.2) is 55.5 Å². The molecule has 0 radical (unpaired) electrons. The molecule has 0 spiro atoms. The SMILES string of the molecule is C=C(OCC)c1c(C2CCC(CC(=O)O)CC2)nc2c(-c3cnn(-c4ccccc4)c3)cnn2c1N(COCC[Si](C)(C)C)COCC[Si](C)(C)C. The fourth-order valence-corrected chi connectivity index (χ4v) is 8.15. The molecule has 0 amide bonds.